The van der Waals surface area contributed by atoms with Crippen LogP contribution >= 0.6 is 11.3 Å². The van der Waals surface area contributed by atoms with Crippen LogP contribution < -0.4 is 4.74 Å². The summed E-state index contributed by atoms with van der Waals surface area (Å²) < 4.78 is 7.89. The predicted octanol–water partition coefficient (Wildman–Crippen LogP) is 6.71. The maximum atomic E-state index is 12.1. The molecule has 2 aromatic heterocycles. The van der Waals surface area contributed by atoms with Gasteiger partial charge in [-0.15, -0.1) is 21.5 Å². The Labute approximate surface area is 226 Å². The molecule has 0 radical (unpaired) electrons. The fourth-order valence-electron chi connectivity index (χ4n) is 4.74. The van der Waals surface area contributed by atoms with Gasteiger partial charge in [-0.1, -0.05) is 49.7 Å². The number of rotatable bonds is 8. The van der Waals surface area contributed by atoms with Crippen LogP contribution in [0, 0.1) is 26.7 Å². The zero-order valence-electron chi connectivity index (χ0n) is 22.4. The summed E-state index contributed by atoms with van der Waals surface area (Å²) in [7, 11) is 0. The van der Waals surface area contributed by atoms with E-state index in [4.69, 9.17) is 9.73 Å². The van der Waals surface area contributed by atoms with Crippen molar-refractivity contribution in [1.29, 1.82) is 0 Å². The highest BCUT2D eigenvalue weighted by Gasteiger charge is 2.36. The lowest BCUT2D eigenvalue weighted by molar-refractivity contribution is -0.141. The highest BCUT2D eigenvalue weighted by atomic mass is 32.1. The van der Waals surface area contributed by atoms with Crippen molar-refractivity contribution in [1.82, 2.24) is 14.8 Å². The topological polar surface area (TPSA) is 89.6 Å². The van der Waals surface area contributed by atoms with Gasteiger partial charge in [0, 0.05) is 16.0 Å². The van der Waals surface area contributed by atoms with Crippen LogP contribution in [0.4, 0.5) is 0 Å². The fraction of sp³-hybridized carbons (Fsp3) is 0.333. The number of carbonyl (C=O) groups is 1. The summed E-state index contributed by atoms with van der Waals surface area (Å²) in [5.74, 6) is 0.466. The second kappa shape index (κ2) is 10.5. The first-order chi connectivity index (χ1) is 18.3. The van der Waals surface area contributed by atoms with Crippen molar-refractivity contribution in [3.8, 4) is 21.9 Å². The maximum Gasteiger partial charge on any atom is 0.308 e. The molecule has 1 aliphatic heterocycles. The number of hydrogen-bond acceptors (Lipinski definition) is 6. The first-order valence-electron chi connectivity index (χ1n) is 13.0. The van der Waals surface area contributed by atoms with Crippen molar-refractivity contribution in [2.75, 3.05) is 6.61 Å². The number of nitrogens with zero attached hydrogens (tertiary/aromatic N) is 4. The molecule has 0 fully saturated rings. The van der Waals surface area contributed by atoms with E-state index >= 15 is 0 Å². The van der Waals surface area contributed by atoms with Gasteiger partial charge in [-0.25, -0.2) is 0 Å². The van der Waals surface area contributed by atoms with E-state index in [1.807, 2.05) is 23.6 Å². The molecule has 3 heterocycles. The average molecular weight is 529 g/mol. The van der Waals surface area contributed by atoms with Crippen molar-refractivity contribution < 1.29 is 14.6 Å². The SMILES string of the molecule is CCCCOc1cccc(-c2ccc(C3=N[C@@H](C(C)C(=O)O)c4nnc(C)n4-c4sc(C)c(C)c43)cc2)c1. The van der Waals surface area contributed by atoms with Crippen molar-refractivity contribution >= 4 is 23.0 Å². The van der Waals surface area contributed by atoms with Crippen LogP contribution in [-0.2, 0) is 4.79 Å². The number of benzene rings is 2. The standard InChI is InChI=1S/C30H32N4O3S/c1-6-7-15-37-24-10-8-9-23(16-24)21-11-13-22(14-12-21)27-25-17(2)19(4)38-29(25)34-20(5)32-33-28(34)26(31-27)18(3)30(35)36/h8-14,16,18,26H,6-7,15H2,1-5H3,(H,35,36)/t18?,26-/m0/s1. The molecule has 8 heteroatoms. The molecule has 38 heavy (non-hydrogen) atoms. The van der Waals surface area contributed by atoms with Crippen LogP contribution in [0.3, 0.4) is 0 Å². The third kappa shape index (κ3) is 4.65. The quantitative estimate of drug-likeness (QED) is 0.257. The van der Waals surface area contributed by atoms with Gasteiger partial charge in [-0.05, 0) is 62.9 Å². The van der Waals surface area contributed by atoms with Crippen LogP contribution in [-0.4, -0.2) is 38.2 Å². The number of aliphatic carboxylic acids is 1. The highest BCUT2D eigenvalue weighted by molar-refractivity contribution is 7.15. The minimum Gasteiger partial charge on any atom is -0.494 e. The van der Waals surface area contributed by atoms with Gasteiger partial charge in [0.25, 0.3) is 0 Å². The summed E-state index contributed by atoms with van der Waals surface area (Å²) in [6.07, 6.45) is 2.13. The number of ether oxygens (including phenoxy) is 1. The lowest BCUT2D eigenvalue weighted by Gasteiger charge is -2.16. The molecule has 0 amide bonds. The van der Waals surface area contributed by atoms with Crippen molar-refractivity contribution in [2.45, 2.75) is 53.5 Å². The molecule has 0 bridgehead atoms. The molecule has 1 aliphatic rings. The Morgan fingerprint density at radius 1 is 1.08 bits per heavy atom. The Morgan fingerprint density at radius 2 is 1.82 bits per heavy atom. The summed E-state index contributed by atoms with van der Waals surface area (Å²) in [4.78, 5) is 18.4. The molecule has 1 unspecified atom stereocenters. The second-order valence-electron chi connectivity index (χ2n) is 9.76. The first-order valence-corrected chi connectivity index (χ1v) is 13.8. The number of carboxylic acid groups (broad SMARTS) is 1. The number of carboxylic acids is 1. The van der Waals surface area contributed by atoms with Crippen molar-refractivity contribution in [2.24, 2.45) is 10.9 Å². The van der Waals surface area contributed by atoms with Gasteiger partial charge in [0.05, 0.1) is 18.2 Å². The Kier molecular flexibility index (Phi) is 7.17. The Balaban J connectivity index is 1.59. The van der Waals surface area contributed by atoms with Gasteiger partial charge in [0.1, 0.15) is 22.6 Å². The third-order valence-electron chi connectivity index (χ3n) is 7.14. The molecular weight excluding hydrogens is 496 g/mol. The zero-order valence-corrected chi connectivity index (χ0v) is 23.2. The molecule has 1 N–H and O–H groups in total. The van der Waals surface area contributed by atoms with E-state index in [0.717, 1.165) is 62.9 Å². The van der Waals surface area contributed by atoms with E-state index < -0.39 is 17.9 Å². The summed E-state index contributed by atoms with van der Waals surface area (Å²) >= 11 is 1.66. The van der Waals surface area contributed by atoms with E-state index in [1.165, 1.54) is 4.88 Å². The molecule has 5 rings (SSSR count). The smallest absolute Gasteiger partial charge is 0.308 e. The van der Waals surface area contributed by atoms with Gasteiger partial charge in [-0.2, -0.15) is 0 Å². The van der Waals surface area contributed by atoms with E-state index in [0.29, 0.717) is 12.4 Å². The largest absolute Gasteiger partial charge is 0.494 e. The number of aliphatic imine (C=N–C) groups is 1. The summed E-state index contributed by atoms with van der Waals surface area (Å²) in [5.41, 5.74) is 6.02. The van der Waals surface area contributed by atoms with E-state index in [9.17, 15) is 9.90 Å². The Hall–Kier alpha value is -3.78. The van der Waals surface area contributed by atoms with E-state index in [1.54, 1.807) is 18.3 Å². The van der Waals surface area contributed by atoms with E-state index in [-0.39, 0.29) is 0 Å². The molecule has 0 spiro atoms. The molecule has 0 saturated carbocycles. The Morgan fingerprint density at radius 3 is 2.53 bits per heavy atom. The molecule has 196 valence electrons. The van der Waals surface area contributed by atoms with Crippen molar-refractivity contribution in [3.63, 3.8) is 0 Å². The number of thiophene rings is 1. The number of fused-ring (bicyclic) bond motifs is 3. The molecule has 2 aromatic carbocycles. The van der Waals surface area contributed by atoms with Crippen LogP contribution in [0.1, 0.15) is 65.9 Å². The van der Waals surface area contributed by atoms with Crippen LogP contribution in [0.15, 0.2) is 53.5 Å². The minimum absolute atomic E-state index is 0.561. The lowest BCUT2D eigenvalue weighted by Crippen LogP contribution is -2.21. The van der Waals surface area contributed by atoms with Gasteiger partial charge in [0.2, 0.25) is 0 Å². The minimum atomic E-state index is -0.917. The lowest BCUT2D eigenvalue weighted by atomic mass is 9.96. The van der Waals surface area contributed by atoms with Gasteiger partial charge in [0.15, 0.2) is 5.82 Å². The van der Waals surface area contributed by atoms with Crippen molar-refractivity contribution in [3.05, 3.63) is 81.7 Å². The van der Waals surface area contributed by atoms with Gasteiger partial charge >= 0.3 is 5.97 Å². The van der Waals surface area contributed by atoms with E-state index in [2.05, 4.69) is 67.4 Å². The molecule has 4 aromatic rings. The predicted molar refractivity (Wildman–Crippen MR) is 151 cm³/mol. The molecule has 2 atom stereocenters. The summed E-state index contributed by atoms with van der Waals surface area (Å²) in [6.45, 7) is 10.6. The van der Waals surface area contributed by atoms with Crippen LogP contribution in [0.25, 0.3) is 16.1 Å². The molecule has 0 aliphatic carbocycles. The maximum absolute atomic E-state index is 12.1. The summed E-state index contributed by atoms with van der Waals surface area (Å²) in [6, 6.07) is 15.8. The number of aryl methyl sites for hydroxylation is 2. The third-order valence-corrected chi connectivity index (χ3v) is 8.34. The molecule has 7 nitrogen and oxygen atoms in total. The first kappa shape index (κ1) is 25.9. The summed E-state index contributed by atoms with van der Waals surface area (Å²) in [5, 5.41) is 19.6. The zero-order chi connectivity index (χ0) is 27.0. The highest BCUT2D eigenvalue weighted by Crippen LogP contribution is 2.40. The second-order valence-corrected chi connectivity index (χ2v) is 11.0. The van der Waals surface area contributed by atoms with Gasteiger partial charge in [-0.3, -0.25) is 14.4 Å². The normalized spacial score (nSPS) is 15.3. The number of aromatic nitrogens is 3. The van der Waals surface area contributed by atoms with Crippen LogP contribution in [0.5, 0.6) is 5.75 Å². The Bertz CT molecular complexity index is 1520. The average Bonchev–Trinajstić information content (AvgIpc) is 3.38. The number of hydrogen-bond donors (Lipinski definition) is 1. The van der Waals surface area contributed by atoms with Crippen LogP contribution in [0.2, 0.25) is 0 Å². The molecular formula is C30H32N4O3S. The molecule has 0 saturated heterocycles. The fourth-order valence-corrected chi connectivity index (χ4v) is 5.95. The number of unbranched alkanes of at least 4 members (excludes halogenated alkanes) is 1. The monoisotopic (exact) mass is 528 g/mol. The van der Waals surface area contributed by atoms with Gasteiger partial charge < -0.3 is 9.84 Å².